The molecule has 2 nitrogen and oxygen atoms in total. The SMILES string of the molecule is F[B-](F)(F)Cn1cnc(I)c1I. The van der Waals surface area contributed by atoms with Crippen molar-refractivity contribution in [2.45, 2.75) is 6.44 Å². The third kappa shape index (κ3) is 2.78. The molecular formula is C4H3BF3I2N2-. The molecule has 0 spiro atoms. The van der Waals surface area contributed by atoms with Crippen LogP contribution in [0.2, 0.25) is 0 Å². The van der Waals surface area contributed by atoms with Crippen molar-refractivity contribution in [2.24, 2.45) is 0 Å². The molecule has 0 aromatic carbocycles. The van der Waals surface area contributed by atoms with Crippen molar-refractivity contribution in [1.82, 2.24) is 9.55 Å². The highest BCUT2D eigenvalue weighted by molar-refractivity contribution is 14.1. The highest BCUT2D eigenvalue weighted by atomic mass is 127. The summed E-state index contributed by atoms with van der Waals surface area (Å²) in [5.41, 5.74) is 0. The fourth-order valence-corrected chi connectivity index (χ4v) is 1.59. The van der Waals surface area contributed by atoms with Crippen LogP contribution in [0.3, 0.4) is 0 Å². The van der Waals surface area contributed by atoms with E-state index in [0.717, 1.165) is 4.57 Å². The maximum Gasteiger partial charge on any atom is 0.497 e. The molecule has 12 heavy (non-hydrogen) atoms. The van der Waals surface area contributed by atoms with Crippen molar-refractivity contribution >= 4 is 52.2 Å². The van der Waals surface area contributed by atoms with Gasteiger partial charge in [-0.05, 0) is 51.6 Å². The Morgan fingerprint density at radius 1 is 1.42 bits per heavy atom. The minimum absolute atomic E-state index is 0.535. The predicted octanol–water partition coefficient (Wildman–Crippen LogP) is 2.48. The van der Waals surface area contributed by atoms with Crippen LogP contribution in [0.1, 0.15) is 0 Å². The first-order valence-corrected chi connectivity index (χ1v) is 5.13. The van der Waals surface area contributed by atoms with Gasteiger partial charge in [-0.1, -0.05) is 0 Å². The van der Waals surface area contributed by atoms with Gasteiger partial charge in [0, 0.05) is 0 Å². The van der Waals surface area contributed by atoms with Gasteiger partial charge in [-0.15, -0.1) is 0 Å². The first kappa shape index (κ1) is 10.6. The molecule has 0 aliphatic carbocycles. The molecule has 0 N–H and O–H groups in total. The number of hydrogen-bond acceptors (Lipinski definition) is 1. The Morgan fingerprint density at radius 2 is 2.00 bits per heavy atom. The minimum Gasteiger partial charge on any atom is -0.448 e. The Labute approximate surface area is 94.3 Å². The smallest absolute Gasteiger partial charge is 0.448 e. The van der Waals surface area contributed by atoms with Gasteiger partial charge >= 0.3 is 6.98 Å². The Morgan fingerprint density at radius 3 is 2.33 bits per heavy atom. The summed E-state index contributed by atoms with van der Waals surface area (Å²) in [6.07, 6.45) is 0.299. The molecule has 0 saturated heterocycles. The van der Waals surface area contributed by atoms with Crippen molar-refractivity contribution in [1.29, 1.82) is 0 Å². The number of rotatable bonds is 2. The Hall–Kier alpha value is 0.525. The summed E-state index contributed by atoms with van der Waals surface area (Å²) in [6, 6.07) is 0. The number of halogens is 5. The zero-order valence-corrected chi connectivity index (χ0v) is 9.96. The van der Waals surface area contributed by atoms with Crippen molar-refractivity contribution in [2.75, 3.05) is 0 Å². The lowest BCUT2D eigenvalue weighted by Gasteiger charge is -2.14. The molecular weight excluding hydrogens is 398 g/mol. The van der Waals surface area contributed by atoms with Crippen LogP contribution in [0.4, 0.5) is 12.9 Å². The van der Waals surface area contributed by atoms with Crippen LogP contribution >= 0.6 is 45.2 Å². The van der Waals surface area contributed by atoms with E-state index in [1.54, 1.807) is 0 Å². The normalized spacial score (nSPS) is 12.1. The van der Waals surface area contributed by atoms with Gasteiger partial charge in [0.1, 0.15) is 7.40 Å². The molecule has 68 valence electrons. The molecule has 0 aliphatic heterocycles. The summed E-state index contributed by atoms with van der Waals surface area (Å²) in [5, 5.41) is 0. The summed E-state index contributed by atoms with van der Waals surface area (Å²) < 4.78 is 38.1. The lowest BCUT2D eigenvalue weighted by molar-refractivity contribution is 0.444. The Kier molecular flexibility index (Phi) is 3.29. The second-order valence-electron chi connectivity index (χ2n) is 2.19. The van der Waals surface area contributed by atoms with Crippen LogP contribution in [0, 0.1) is 7.40 Å². The topological polar surface area (TPSA) is 17.8 Å². The van der Waals surface area contributed by atoms with Crippen LogP contribution < -0.4 is 0 Å². The number of hydrogen-bond donors (Lipinski definition) is 0. The first-order valence-electron chi connectivity index (χ1n) is 2.97. The number of nitrogens with zero attached hydrogens (tertiary/aromatic N) is 2. The van der Waals surface area contributed by atoms with Gasteiger partial charge in [-0.2, -0.15) is 0 Å². The van der Waals surface area contributed by atoms with Crippen LogP contribution in [0.25, 0.3) is 0 Å². The van der Waals surface area contributed by atoms with Gasteiger partial charge < -0.3 is 17.5 Å². The summed E-state index contributed by atoms with van der Waals surface area (Å²) >= 11 is 3.74. The quantitative estimate of drug-likeness (QED) is 0.551. The predicted molar refractivity (Wildman–Crippen MR) is 56.7 cm³/mol. The van der Waals surface area contributed by atoms with Gasteiger partial charge in [0.25, 0.3) is 0 Å². The van der Waals surface area contributed by atoms with Crippen LogP contribution in [-0.2, 0) is 6.44 Å². The third-order valence-corrected chi connectivity index (χ3v) is 4.09. The van der Waals surface area contributed by atoms with Gasteiger partial charge in [-0.25, -0.2) is 4.98 Å². The first-order chi connectivity index (χ1) is 5.40. The summed E-state index contributed by atoms with van der Waals surface area (Å²) in [5.74, 6) is 0. The van der Waals surface area contributed by atoms with Crippen LogP contribution in [-0.4, -0.2) is 16.5 Å². The average molecular weight is 401 g/mol. The second kappa shape index (κ2) is 3.72. The fraction of sp³-hybridized carbons (Fsp3) is 0.250. The van der Waals surface area contributed by atoms with Gasteiger partial charge in [-0.3, -0.25) is 0 Å². The van der Waals surface area contributed by atoms with E-state index in [-0.39, 0.29) is 0 Å². The van der Waals surface area contributed by atoms with Crippen molar-refractivity contribution < 1.29 is 12.9 Å². The zero-order valence-electron chi connectivity index (χ0n) is 5.65. The van der Waals surface area contributed by atoms with Crippen molar-refractivity contribution in [3.05, 3.63) is 13.7 Å². The molecule has 0 radical (unpaired) electrons. The monoisotopic (exact) mass is 401 g/mol. The molecule has 0 saturated carbocycles. The van der Waals surface area contributed by atoms with Crippen LogP contribution in [0.5, 0.6) is 0 Å². The summed E-state index contributed by atoms with van der Waals surface area (Å²) in [6.45, 7) is -4.77. The van der Waals surface area contributed by atoms with Gasteiger partial charge in [0.2, 0.25) is 0 Å². The third-order valence-electron chi connectivity index (χ3n) is 1.14. The molecule has 1 rings (SSSR count). The molecule has 0 atom stereocenters. The molecule has 0 fully saturated rings. The van der Waals surface area contributed by atoms with E-state index in [4.69, 9.17) is 0 Å². The molecule has 0 amide bonds. The van der Waals surface area contributed by atoms with Crippen LogP contribution in [0.15, 0.2) is 6.33 Å². The van der Waals surface area contributed by atoms with Crippen molar-refractivity contribution in [3.8, 4) is 0 Å². The maximum atomic E-state index is 11.9. The summed E-state index contributed by atoms with van der Waals surface area (Å²) in [4.78, 5) is 3.75. The average Bonchev–Trinajstić information content (AvgIpc) is 2.16. The zero-order chi connectivity index (χ0) is 9.35. The van der Waals surface area contributed by atoms with E-state index < -0.39 is 13.4 Å². The summed E-state index contributed by atoms with van der Waals surface area (Å²) in [7, 11) is 0. The van der Waals surface area contributed by atoms with Gasteiger partial charge in [0.15, 0.2) is 0 Å². The lowest BCUT2D eigenvalue weighted by Crippen LogP contribution is -2.24. The van der Waals surface area contributed by atoms with E-state index in [9.17, 15) is 12.9 Å². The minimum atomic E-state index is -4.77. The highest BCUT2D eigenvalue weighted by Crippen LogP contribution is 2.17. The standard InChI is InChI=1S/C4H3BF3I2N2/c6-5(7,8)1-12-2-11-3(9)4(12)10/h2H,1H2/q-1. The van der Waals surface area contributed by atoms with Gasteiger partial charge in [0.05, 0.1) is 6.33 Å². The Balaban J connectivity index is 2.83. The molecule has 1 heterocycles. The molecule has 1 aromatic rings. The van der Waals surface area contributed by atoms with E-state index in [0.29, 0.717) is 7.40 Å². The number of aromatic nitrogens is 2. The molecule has 0 bridgehead atoms. The fourth-order valence-electron chi connectivity index (χ4n) is 0.693. The molecule has 0 aliphatic rings. The lowest BCUT2D eigenvalue weighted by atomic mass is 9.92. The molecule has 1 aromatic heterocycles. The second-order valence-corrected chi connectivity index (χ2v) is 4.23. The van der Waals surface area contributed by atoms with E-state index in [1.165, 1.54) is 6.33 Å². The molecule has 0 unspecified atom stereocenters. The highest BCUT2D eigenvalue weighted by Gasteiger charge is 2.24. The largest absolute Gasteiger partial charge is 0.497 e. The van der Waals surface area contributed by atoms with E-state index >= 15 is 0 Å². The van der Waals surface area contributed by atoms with E-state index in [2.05, 4.69) is 4.98 Å². The maximum absolute atomic E-state index is 11.9. The number of imidazole rings is 1. The van der Waals surface area contributed by atoms with E-state index in [1.807, 2.05) is 45.2 Å². The molecule has 8 heteroatoms. The van der Waals surface area contributed by atoms with Crippen molar-refractivity contribution in [3.63, 3.8) is 0 Å². The Bertz CT molecular complexity index is 284.